The standard InChI is InChI=1S/C15H8F13IO/c1-30-8-4-2-3-7(5-8)9(29)6-10(16,17)11(18,19)12(20,21)13(22,23)14(24,25)15(26,27)28/h2-6H,1H3/b9-6+. The molecule has 1 nitrogen and oxygen atoms in total. The molecule has 1 aromatic carbocycles. The van der Waals surface area contributed by atoms with Gasteiger partial charge in [-0.15, -0.1) is 0 Å². The van der Waals surface area contributed by atoms with E-state index in [-0.39, 0.29) is 11.3 Å². The van der Waals surface area contributed by atoms with Crippen molar-refractivity contribution in [3.05, 3.63) is 35.9 Å². The van der Waals surface area contributed by atoms with E-state index in [1.807, 2.05) is 0 Å². The van der Waals surface area contributed by atoms with Gasteiger partial charge in [-0.3, -0.25) is 0 Å². The Hall–Kier alpha value is -1.42. The van der Waals surface area contributed by atoms with Gasteiger partial charge in [0, 0.05) is 9.66 Å². The molecular formula is C15H8F13IO. The minimum atomic E-state index is -7.92. The molecule has 0 aromatic heterocycles. The van der Waals surface area contributed by atoms with Crippen molar-refractivity contribution in [2.75, 3.05) is 7.11 Å². The van der Waals surface area contributed by atoms with Gasteiger partial charge in [-0.1, -0.05) is 12.1 Å². The Kier molecular flexibility index (Phi) is 7.03. The Morgan fingerprint density at radius 1 is 0.767 bits per heavy atom. The summed E-state index contributed by atoms with van der Waals surface area (Å²) < 4.78 is 174. The van der Waals surface area contributed by atoms with E-state index in [2.05, 4.69) is 0 Å². The monoisotopic (exact) mass is 578 g/mol. The van der Waals surface area contributed by atoms with E-state index in [1.165, 1.54) is 6.07 Å². The van der Waals surface area contributed by atoms with Crippen LogP contribution in [-0.4, -0.2) is 42.9 Å². The zero-order valence-electron chi connectivity index (χ0n) is 14.1. The van der Waals surface area contributed by atoms with Gasteiger partial charge in [-0.2, -0.15) is 57.1 Å². The van der Waals surface area contributed by atoms with E-state index in [0.29, 0.717) is 0 Å². The van der Waals surface area contributed by atoms with Crippen molar-refractivity contribution in [1.82, 2.24) is 0 Å². The smallest absolute Gasteiger partial charge is 0.460 e. The molecule has 0 aliphatic heterocycles. The topological polar surface area (TPSA) is 9.23 Å². The maximum Gasteiger partial charge on any atom is 0.460 e. The van der Waals surface area contributed by atoms with Crippen LogP contribution in [0.1, 0.15) is 5.56 Å². The average molecular weight is 578 g/mol. The highest BCUT2D eigenvalue weighted by molar-refractivity contribution is 14.1. The largest absolute Gasteiger partial charge is 0.497 e. The van der Waals surface area contributed by atoms with Crippen molar-refractivity contribution in [1.29, 1.82) is 0 Å². The van der Waals surface area contributed by atoms with Crippen LogP contribution in [0.3, 0.4) is 0 Å². The Bertz CT molecular complexity index is 798. The summed E-state index contributed by atoms with van der Waals surface area (Å²) in [6.07, 6.45) is -8.39. The number of ether oxygens (including phenoxy) is 1. The molecule has 172 valence electrons. The Morgan fingerprint density at radius 3 is 1.67 bits per heavy atom. The summed E-state index contributed by atoms with van der Waals surface area (Å²) in [4.78, 5) is 0. The van der Waals surface area contributed by atoms with E-state index >= 15 is 0 Å². The summed E-state index contributed by atoms with van der Waals surface area (Å²) in [5.74, 6) is -37.1. The molecule has 0 amide bonds. The Labute approximate surface area is 173 Å². The number of halogens is 14. The fourth-order valence-electron chi connectivity index (χ4n) is 1.89. The lowest BCUT2D eigenvalue weighted by Gasteiger charge is -2.39. The molecule has 0 N–H and O–H groups in total. The number of alkyl halides is 13. The van der Waals surface area contributed by atoms with Crippen molar-refractivity contribution in [3.63, 3.8) is 0 Å². The number of hydrogen-bond donors (Lipinski definition) is 0. The van der Waals surface area contributed by atoms with E-state index < -0.39 is 45.4 Å². The highest BCUT2D eigenvalue weighted by Gasteiger charge is 2.90. The van der Waals surface area contributed by atoms with Crippen LogP contribution >= 0.6 is 22.6 Å². The normalized spacial score (nSPS) is 15.4. The number of rotatable bonds is 7. The summed E-state index contributed by atoms with van der Waals surface area (Å²) in [5.41, 5.74) is -0.360. The molecule has 0 spiro atoms. The molecule has 0 heterocycles. The van der Waals surface area contributed by atoms with Gasteiger partial charge in [0.1, 0.15) is 5.75 Å². The minimum Gasteiger partial charge on any atom is -0.497 e. The van der Waals surface area contributed by atoms with Crippen molar-refractivity contribution < 1.29 is 61.8 Å². The lowest BCUT2D eigenvalue weighted by molar-refractivity contribution is -0.436. The number of allylic oxidation sites excluding steroid dienone is 1. The van der Waals surface area contributed by atoms with Crippen LogP contribution in [0.15, 0.2) is 30.3 Å². The first kappa shape index (κ1) is 26.6. The average Bonchev–Trinajstić information content (AvgIpc) is 2.59. The molecule has 0 atom stereocenters. The third kappa shape index (κ3) is 4.17. The minimum absolute atomic E-state index is 0.0215. The van der Waals surface area contributed by atoms with Crippen LogP contribution in [-0.2, 0) is 0 Å². The zero-order chi connectivity index (χ0) is 24.0. The summed E-state index contributed by atoms with van der Waals surface area (Å²) in [6.45, 7) is 0. The highest BCUT2D eigenvalue weighted by atomic mass is 127. The zero-order valence-corrected chi connectivity index (χ0v) is 16.2. The van der Waals surface area contributed by atoms with Crippen LogP contribution in [0.2, 0.25) is 0 Å². The van der Waals surface area contributed by atoms with Gasteiger partial charge in [-0.25, -0.2) is 0 Å². The van der Waals surface area contributed by atoms with E-state index in [1.54, 1.807) is 0 Å². The fourth-order valence-corrected chi connectivity index (χ4v) is 2.61. The van der Waals surface area contributed by atoms with Crippen molar-refractivity contribution in [2.24, 2.45) is 0 Å². The predicted octanol–water partition coefficient (Wildman–Crippen LogP) is 7.21. The molecule has 30 heavy (non-hydrogen) atoms. The van der Waals surface area contributed by atoms with Crippen LogP contribution in [0.5, 0.6) is 5.75 Å². The third-order valence-electron chi connectivity index (χ3n) is 3.61. The van der Waals surface area contributed by atoms with Gasteiger partial charge >= 0.3 is 35.8 Å². The lowest BCUT2D eigenvalue weighted by Crippen LogP contribution is -2.69. The molecule has 0 saturated heterocycles. The molecule has 0 radical (unpaired) electrons. The second kappa shape index (κ2) is 7.93. The van der Waals surface area contributed by atoms with Crippen LogP contribution in [0.25, 0.3) is 3.58 Å². The highest BCUT2D eigenvalue weighted by Crippen LogP contribution is 2.60. The second-order valence-electron chi connectivity index (χ2n) is 5.64. The molecule has 15 heteroatoms. The molecular weight excluding hydrogens is 570 g/mol. The number of methoxy groups -OCH3 is 1. The first-order valence-corrected chi connectivity index (χ1v) is 8.24. The van der Waals surface area contributed by atoms with Crippen molar-refractivity contribution in [3.8, 4) is 5.75 Å². The molecule has 0 aliphatic rings. The maximum absolute atomic E-state index is 13.8. The summed E-state index contributed by atoms with van der Waals surface area (Å²) in [5, 5.41) is 0. The first-order valence-electron chi connectivity index (χ1n) is 7.16. The Balaban J connectivity index is 3.51. The van der Waals surface area contributed by atoms with E-state index in [9.17, 15) is 57.1 Å². The van der Waals surface area contributed by atoms with E-state index in [4.69, 9.17) is 4.74 Å². The van der Waals surface area contributed by atoms with Crippen molar-refractivity contribution >= 4 is 26.2 Å². The molecule has 1 rings (SSSR count). The lowest BCUT2D eigenvalue weighted by atomic mass is 9.93. The molecule has 0 bridgehead atoms. The van der Waals surface area contributed by atoms with Gasteiger partial charge < -0.3 is 4.74 Å². The van der Waals surface area contributed by atoms with Gasteiger partial charge in [0.2, 0.25) is 0 Å². The number of hydrogen-bond acceptors (Lipinski definition) is 1. The van der Waals surface area contributed by atoms with Gasteiger partial charge in [0.05, 0.1) is 7.11 Å². The molecule has 1 aromatic rings. The van der Waals surface area contributed by atoms with Gasteiger partial charge in [0.15, 0.2) is 0 Å². The molecule has 0 aliphatic carbocycles. The predicted molar refractivity (Wildman–Crippen MR) is 85.8 cm³/mol. The van der Waals surface area contributed by atoms with Crippen LogP contribution in [0, 0.1) is 0 Å². The second-order valence-corrected chi connectivity index (χ2v) is 6.80. The quantitative estimate of drug-likeness (QED) is 0.246. The summed E-state index contributed by atoms with van der Waals surface area (Å²) >= 11 is 0.915. The van der Waals surface area contributed by atoms with Crippen LogP contribution in [0.4, 0.5) is 57.1 Å². The van der Waals surface area contributed by atoms with Gasteiger partial charge in [0.25, 0.3) is 0 Å². The molecule has 0 fully saturated rings. The Morgan fingerprint density at radius 2 is 1.23 bits per heavy atom. The first-order chi connectivity index (χ1) is 13.2. The summed E-state index contributed by atoms with van der Waals surface area (Å²) in [6, 6.07) is 4.33. The van der Waals surface area contributed by atoms with Crippen LogP contribution < -0.4 is 4.74 Å². The fraction of sp³-hybridized carbons (Fsp3) is 0.467. The van der Waals surface area contributed by atoms with E-state index in [0.717, 1.165) is 47.9 Å². The molecule has 0 saturated carbocycles. The van der Waals surface area contributed by atoms with Crippen molar-refractivity contribution in [2.45, 2.75) is 35.8 Å². The SMILES string of the molecule is COc1cccc(/C(I)=C\C(F)(F)C(F)(F)C(F)(F)C(F)(F)C(F)(F)C(F)(F)F)c1. The van der Waals surface area contributed by atoms with Gasteiger partial charge in [-0.05, 0) is 40.3 Å². The summed E-state index contributed by atoms with van der Waals surface area (Å²) in [7, 11) is 1.11. The molecule has 0 unspecified atom stereocenters. The third-order valence-corrected chi connectivity index (χ3v) is 4.55. The number of benzene rings is 1. The maximum atomic E-state index is 13.8.